The number of alkyl halides is 3. The topological polar surface area (TPSA) is 42.0 Å². The Hall–Kier alpha value is -2.67. The molecule has 0 radical (unpaired) electrons. The van der Waals surface area contributed by atoms with E-state index in [1.807, 2.05) is 24.3 Å². The monoisotopic (exact) mass is 376 g/mol. The molecule has 0 saturated carbocycles. The van der Waals surface area contributed by atoms with Crippen LogP contribution in [0.4, 0.5) is 13.2 Å². The minimum absolute atomic E-state index is 0.108. The Labute approximate surface area is 152 Å². The molecule has 0 unspecified atom stereocenters. The number of amides is 1. The number of halogens is 3. The summed E-state index contributed by atoms with van der Waals surface area (Å²) < 4.78 is 39.8. The number of thiazole rings is 1. The predicted molar refractivity (Wildman–Crippen MR) is 96.8 cm³/mol. The average Bonchev–Trinajstić information content (AvgIpc) is 3.02. The molecule has 3 rings (SSSR count). The third-order valence-electron chi connectivity index (χ3n) is 3.70. The van der Waals surface area contributed by atoms with Gasteiger partial charge in [0.05, 0.1) is 15.8 Å². The minimum Gasteiger partial charge on any atom is -0.352 e. The fraction of sp³-hybridized carbons (Fsp3) is 0.158. The van der Waals surface area contributed by atoms with Crippen molar-refractivity contribution in [3.63, 3.8) is 0 Å². The zero-order valence-electron chi connectivity index (χ0n) is 13.6. The van der Waals surface area contributed by atoms with E-state index in [4.69, 9.17) is 0 Å². The van der Waals surface area contributed by atoms with E-state index in [0.29, 0.717) is 5.01 Å². The summed E-state index contributed by atoms with van der Waals surface area (Å²) in [7, 11) is 0. The van der Waals surface area contributed by atoms with Gasteiger partial charge in [-0.3, -0.25) is 4.79 Å². The summed E-state index contributed by atoms with van der Waals surface area (Å²) in [6.07, 6.45) is -1.35. The van der Waals surface area contributed by atoms with Crippen molar-refractivity contribution in [1.82, 2.24) is 10.3 Å². The summed E-state index contributed by atoms with van der Waals surface area (Å²) in [6.45, 7) is 0.121. The number of fused-ring (bicyclic) bond motifs is 1. The molecule has 7 heteroatoms. The Kier molecular flexibility index (Phi) is 5.37. The third-order valence-corrected chi connectivity index (χ3v) is 4.71. The van der Waals surface area contributed by atoms with E-state index in [0.717, 1.165) is 16.3 Å². The lowest BCUT2D eigenvalue weighted by molar-refractivity contribution is -0.138. The maximum Gasteiger partial charge on any atom is 0.416 e. The van der Waals surface area contributed by atoms with Gasteiger partial charge >= 0.3 is 6.18 Å². The van der Waals surface area contributed by atoms with Gasteiger partial charge in [0, 0.05) is 12.6 Å². The molecular formula is C19H15F3N2OS. The second-order valence-corrected chi connectivity index (χ2v) is 6.61. The van der Waals surface area contributed by atoms with Crippen molar-refractivity contribution < 1.29 is 18.0 Å². The van der Waals surface area contributed by atoms with Crippen molar-refractivity contribution >= 4 is 33.5 Å². The first-order valence-electron chi connectivity index (χ1n) is 7.90. The maximum absolute atomic E-state index is 12.9. The smallest absolute Gasteiger partial charge is 0.352 e. The quantitative estimate of drug-likeness (QED) is 0.657. The number of hydrogen-bond donors (Lipinski definition) is 1. The fourth-order valence-electron chi connectivity index (χ4n) is 2.50. The lowest BCUT2D eigenvalue weighted by Gasteiger charge is -2.12. The third kappa shape index (κ3) is 4.49. The van der Waals surface area contributed by atoms with Crippen molar-refractivity contribution in [1.29, 1.82) is 0 Å². The highest BCUT2D eigenvalue weighted by atomic mass is 32.1. The number of carbonyl (C=O) groups excluding carboxylic acids is 1. The summed E-state index contributed by atoms with van der Waals surface area (Å²) in [4.78, 5) is 16.2. The molecular weight excluding hydrogens is 361 g/mol. The highest BCUT2D eigenvalue weighted by molar-refractivity contribution is 7.19. The molecule has 1 aromatic heterocycles. The summed E-state index contributed by atoms with van der Waals surface area (Å²) >= 11 is 1.46. The second-order valence-electron chi connectivity index (χ2n) is 5.55. The normalized spacial score (nSPS) is 12.0. The van der Waals surface area contributed by atoms with Crippen LogP contribution in [0, 0.1) is 0 Å². The Morgan fingerprint density at radius 1 is 1.12 bits per heavy atom. The summed E-state index contributed by atoms with van der Waals surface area (Å²) in [6, 6.07) is 13.0. The van der Waals surface area contributed by atoms with E-state index < -0.39 is 11.7 Å². The summed E-state index contributed by atoms with van der Waals surface area (Å²) in [5.74, 6) is -0.367. The molecule has 0 aliphatic carbocycles. The van der Waals surface area contributed by atoms with Gasteiger partial charge in [0.15, 0.2) is 0 Å². The van der Waals surface area contributed by atoms with Crippen molar-refractivity contribution in [3.05, 3.63) is 70.7 Å². The van der Waals surface area contributed by atoms with Crippen LogP contribution in [0.3, 0.4) is 0 Å². The Bertz CT molecular complexity index is 914. The fourth-order valence-corrected chi connectivity index (χ4v) is 3.37. The van der Waals surface area contributed by atoms with E-state index in [9.17, 15) is 18.0 Å². The van der Waals surface area contributed by atoms with Crippen LogP contribution in [0.15, 0.2) is 54.6 Å². The van der Waals surface area contributed by atoms with Crippen LogP contribution in [0.1, 0.15) is 16.1 Å². The van der Waals surface area contributed by atoms with E-state index >= 15 is 0 Å². The molecule has 3 aromatic rings. The number of para-hydroxylation sites is 1. The predicted octanol–water partition coefficient (Wildman–Crippen LogP) is 4.69. The molecule has 1 heterocycles. The average molecular weight is 376 g/mol. The highest BCUT2D eigenvalue weighted by Crippen LogP contribution is 2.31. The first-order valence-corrected chi connectivity index (χ1v) is 8.72. The van der Waals surface area contributed by atoms with Crippen LogP contribution in [-0.2, 0) is 17.4 Å². The number of hydrogen-bond acceptors (Lipinski definition) is 3. The van der Waals surface area contributed by atoms with Gasteiger partial charge in [0.1, 0.15) is 5.01 Å². The van der Waals surface area contributed by atoms with E-state index in [1.54, 1.807) is 12.1 Å². The molecule has 1 N–H and O–H groups in total. The molecule has 0 saturated heterocycles. The molecule has 134 valence electrons. The van der Waals surface area contributed by atoms with Crippen LogP contribution >= 0.6 is 11.3 Å². The van der Waals surface area contributed by atoms with Crippen molar-refractivity contribution in [2.24, 2.45) is 0 Å². The molecule has 0 fully saturated rings. The van der Waals surface area contributed by atoms with E-state index in [2.05, 4.69) is 10.3 Å². The Morgan fingerprint density at radius 3 is 2.62 bits per heavy atom. The number of carbonyl (C=O) groups is 1. The zero-order chi connectivity index (χ0) is 18.6. The first-order chi connectivity index (χ1) is 12.4. The van der Waals surface area contributed by atoms with E-state index in [1.165, 1.54) is 29.5 Å². The molecule has 1 amide bonds. The molecule has 0 atom stereocenters. The first kappa shape index (κ1) is 18.1. The summed E-state index contributed by atoms with van der Waals surface area (Å²) in [5, 5.41) is 3.30. The maximum atomic E-state index is 12.9. The Balaban J connectivity index is 1.56. The molecule has 0 aliphatic heterocycles. The molecule has 2 aromatic carbocycles. The van der Waals surface area contributed by atoms with Gasteiger partial charge in [0.2, 0.25) is 5.91 Å². The standard InChI is InChI=1S/C19H15F3N2OS/c20-19(21,22)14-6-2-1-5-13(14)11-12-23-17(25)9-10-18-24-15-7-3-4-8-16(15)26-18/h1-10H,11-12H2,(H,23,25)/b10-9+. The summed E-state index contributed by atoms with van der Waals surface area (Å²) in [5.41, 5.74) is 0.357. The zero-order valence-corrected chi connectivity index (χ0v) is 14.4. The molecule has 0 bridgehead atoms. The van der Waals surface area contributed by atoms with Crippen LogP contribution in [-0.4, -0.2) is 17.4 Å². The lowest BCUT2D eigenvalue weighted by Crippen LogP contribution is -2.24. The van der Waals surface area contributed by atoms with Gasteiger partial charge < -0.3 is 5.32 Å². The minimum atomic E-state index is -4.40. The number of rotatable bonds is 5. The molecule has 26 heavy (non-hydrogen) atoms. The largest absolute Gasteiger partial charge is 0.416 e. The van der Waals surface area contributed by atoms with E-state index in [-0.39, 0.29) is 24.4 Å². The number of nitrogens with zero attached hydrogens (tertiary/aromatic N) is 1. The Morgan fingerprint density at radius 2 is 1.85 bits per heavy atom. The molecule has 0 spiro atoms. The lowest BCUT2D eigenvalue weighted by atomic mass is 10.0. The van der Waals surface area contributed by atoms with Gasteiger partial charge in [-0.1, -0.05) is 30.3 Å². The van der Waals surface area contributed by atoms with Crippen LogP contribution in [0.2, 0.25) is 0 Å². The van der Waals surface area contributed by atoms with Gasteiger partial charge in [-0.25, -0.2) is 4.98 Å². The number of benzene rings is 2. The second kappa shape index (κ2) is 7.70. The van der Waals surface area contributed by atoms with Crippen molar-refractivity contribution in [2.75, 3.05) is 6.54 Å². The van der Waals surface area contributed by atoms with Crippen molar-refractivity contribution in [2.45, 2.75) is 12.6 Å². The molecule has 3 nitrogen and oxygen atoms in total. The van der Waals surface area contributed by atoms with Crippen molar-refractivity contribution in [3.8, 4) is 0 Å². The highest BCUT2D eigenvalue weighted by Gasteiger charge is 2.32. The van der Waals surface area contributed by atoms with Gasteiger partial charge in [-0.05, 0) is 36.3 Å². The van der Waals surface area contributed by atoms with Crippen LogP contribution in [0.25, 0.3) is 16.3 Å². The van der Waals surface area contributed by atoms with Gasteiger partial charge in [-0.15, -0.1) is 11.3 Å². The van der Waals surface area contributed by atoms with Gasteiger partial charge in [0.25, 0.3) is 0 Å². The number of aromatic nitrogens is 1. The van der Waals surface area contributed by atoms with Crippen LogP contribution < -0.4 is 5.32 Å². The SMILES string of the molecule is O=C(/C=C/c1nc2ccccc2s1)NCCc1ccccc1C(F)(F)F. The van der Waals surface area contributed by atoms with Crippen LogP contribution in [0.5, 0.6) is 0 Å². The molecule has 0 aliphatic rings. The number of nitrogens with one attached hydrogen (secondary N) is 1. The van der Waals surface area contributed by atoms with Gasteiger partial charge in [-0.2, -0.15) is 13.2 Å².